The van der Waals surface area contributed by atoms with Crippen LogP contribution >= 0.6 is 0 Å². The van der Waals surface area contributed by atoms with Crippen LogP contribution in [0.25, 0.3) is 22.2 Å². The summed E-state index contributed by atoms with van der Waals surface area (Å²) in [5.74, 6) is 2.50. The second-order valence-electron chi connectivity index (χ2n) is 10.9. The summed E-state index contributed by atoms with van der Waals surface area (Å²) in [5.41, 5.74) is 3.48. The molecule has 3 saturated heterocycles. The fourth-order valence-electron chi connectivity index (χ4n) is 6.16. The molecule has 210 valence electrons. The Morgan fingerprint density at radius 2 is 1.85 bits per heavy atom. The van der Waals surface area contributed by atoms with Gasteiger partial charge in [-0.2, -0.15) is 9.97 Å². The average Bonchev–Trinajstić information content (AvgIpc) is 3.73. The minimum Gasteiger partial charge on any atom is -0.379 e. The van der Waals surface area contributed by atoms with Crippen LogP contribution in [0.5, 0.6) is 0 Å². The van der Waals surface area contributed by atoms with E-state index in [1.807, 2.05) is 35.5 Å². The first-order valence-electron chi connectivity index (χ1n) is 14.5. The number of nitrogens with zero attached hydrogens (tertiary/aromatic N) is 8. The van der Waals surface area contributed by atoms with Crippen molar-refractivity contribution in [2.24, 2.45) is 0 Å². The normalized spacial score (nSPS) is 19.4. The number of aromatic amines is 1. The number of piperidine rings is 1. The molecule has 0 spiro atoms. The molecule has 0 bridgehead atoms. The van der Waals surface area contributed by atoms with Crippen LogP contribution in [-0.2, 0) is 22.6 Å². The number of aromatic nitrogens is 6. The zero-order chi connectivity index (χ0) is 26.9. The fourth-order valence-corrected chi connectivity index (χ4v) is 6.16. The minimum absolute atomic E-state index is 0.232. The lowest BCUT2D eigenvalue weighted by molar-refractivity contribution is -0.127. The van der Waals surface area contributed by atoms with Gasteiger partial charge in [0.25, 0.3) is 0 Å². The van der Waals surface area contributed by atoms with Crippen molar-refractivity contribution in [2.75, 3.05) is 62.7 Å². The van der Waals surface area contributed by atoms with Crippen molar-refractivity contribution in [1.82, 2.24) is 39.3 Å². The smallest absolute Gasteiger partial charge is 0.229 e. The number of rotatable bonds is 8. The number of hydrogen-bond donors (Lipinski definition) is 2. The minimum atomic E-state index is 0.232. The third-order valence-electron chi connectivity index (χ3n) is 8.41. The first-order chi connectivity index (χ1) is 19.7. The van der Waals surface area contributed by atoms with Gasteiger partial charge >= 0.3 is 0 Å². The highest BCUT2D eigenvalue weighted by Gasteiger charge is 2.28. The third kappa shape index (κ3) is 5.08. The molecule has 1 amide bonds. The van der Waals surface area contributed by atoms with Crippen LogP contribution in [0.4, 0.5) is 11.8 Å². The number of likely N-dealkylation sites (tertiary alicyclic amines) is 1. The summed E-state index contributed by atoms with van der Waals surface area (Å²) in [6.07, 6.45) is 5.57. The largest absolute Gasteiger partial charge is 0.379 e. The van der Waals surface area contributed by atoms with Gasteiger partial charge in [-0.15, -0.1) is 0 Å². The van der Waals surface area contributed by atoms with Gasteiger partial charge in [0.2, 0.25) is 11.9 Å². The summed E-state index contributed by atoms with van der Waals surface area (Å²) in [5, 5.41) is 3.49. The molecule has 12 nitrogen and oxygen atoms in total. The van der Waals surface area contributed by atoms with Crippen molar-refractivity contribution in [1.29, 1.82) is 0 Å². The molecule has 4 aromatic rings. The average molecular weight is 545 g/mol. The van der Waals surface area contributed by atoms with E-state index in [0.29, 0.717) is 37.9 Å². The zero-order valence-electron chi connectivity index (χ0n) is 22.8. The van der Waals surface area contributed by atoms with Crippen LogP contribution in [0, 0.1) is 0 Å². The Kier molecular flexibility index (Phi) is 6.94. The molecule has 1 aromatic carbocycles. The number of H-pyrrole nitrogens is 1. The van der Waals surface area contributed by atoms with Crippen LogP contribution < -0.4 is 10.2 Å². The number of carbonyl (C=O) groups is 1. The van der Waals surface area contributed by atoms with E-state index in [1.54, 1.807) is 0 Å². The summed E-state index contributed by atoms with van der Waals surface area (Å²) >= 11 is 0. The molecular weight excluding hydrogens is 508 g/mol. The second kappa shape index (κ2) is 11.0. The Morgan fingerprint density at radius 1 is 1.00 bits per heavy atom. The molecule has 40 heavy (non-hydrogen) atoms. The monoisotopic (exact) mass is 544 g/mol. The fraction of sp³-hybridized carbons (Fsp3) is 0.536. The Bertz CT molecular complexity index is 1450. The van der Waals surface area contributed by atoms with E-state index in [2.05, 4.69) is 24.7 Å². The molecule has 6 heterocycles. The predicted octanol–water partition coefficient (Wildman–Crippen LogP) is 2.24. The quantitative estimate of drug-likeness (QED) is 0.344. The molecule has 0 saturated carbocycles. The number of benzene rings is 1. The summed E-state index contributed by atoms with van der Waals surface area (Å²) in [6.45, 7) is 8.14. The van der Waals surface area contributed by atoms with Gasteiger partial charge < -0.3 is 29.4 Å². The number of amides is 1. The molecule has 2 N–H and O–H groups in total. The van der Waals surface area contributed by atoms with Gasteiger partial charge in [0.1, 0.15) is 5.82 Å². The van der Waals surface area contributed by atoms with Crippen LogP contribution in [0.3, 0.4) is 0 Å². The van der Waals surface area contributed by atoms with Gasteiger partial charge in [0.05, 0.1) is 37.1 Å². The van der Waals surface area contributed by atoms with Crippen molar-refractivity contribution < 1.29 is 9.53 Å². The molecule has 12 heteroatoms. The lowest BCUT2D eigenvalue weighted by Crippen LogP contribution is -2.49. The van der Waals surface area contributed by atoms with E-state index in [0.717, 1.165) is 99.2 Å². The SMILES string of the molecule is O=C1CCCN1CCn1cnc2c(NCc3nc4ccccc4[nH]3)nc(N3CCC(N4CCOCC4)CC3)nc21. The Labute approximate surface area is 232 Å². The number of carbonyl (C=O) groups excluding carboxylic acids is 1. The number of imidazole rings is 2. The molecule has 0 radical (unpaired) electrons. The Hall–Kier alpha value is -3.77. The molecule has 7 rings (SSSR count). The summed E-state index contributed by atoms with van der Waals surface area (Å²) in [6, 6.07) is 8.61. The van der Waals surface area contributed by atoms with E-state index >= 15 is 0 Å². The maximum atomic E-state index is 12.2. The standard InChI is InChI=1S/C28H36N10O2/c39-24-6-3-9-36(24)12-13-38-19-30-25-26(29-18-23-31-21-4-1-2-5-22(21)32-23)33-28(34-27(25)38)37-10-7-20(8-11-37)35-14-16-40-17-15-35/h1-2,4-5,19-20H,3,6-18H2,(H,31,32)(H,29,33,34). The zero-order valence-corrected chi connectivity index (χ0v) is 22.8. The highest BCUT2D eigenvalue weighted by Crippen LogP contribution is 2.27. The highest BCUT2D eigenvalue weighted by molar-refractivity contribution is 5.84. The highest BCUT2D eigenvalue weighted by atomic mass is 16.5. The van der Waals surface area contributed by atoms with Crippen molar-refractivity contribution in [2.45, 2.75) is 44.8 Å². The van der Waals surface area contributed by atoms with Crippen LogP contribution in [0.2, 0.25) is 0 Å². The summed E-state index contributed by atoms with van der Waals surface area (Å²) < 4.78 is 7.61. The molecule has 0 atom stereocenters. The number of ether oxygens (including phenoxy) is 1. The van der Waals surface area contributed by atoms with Crippen molar-refractivity contribution in [3.8, 4) is 0 Å². The Balaban J connectivity index is 1.13. The van der Waals surface area contributed by atoms with E-state index in [4.69, 9.17) is 24.7 Å². The molecule has 3 aliphatic rings. The maximum Gasteiger partial charge on any atom is 0.229 e. The van der Waals surface area contributed by atoms with Crippen LogP contribution in [-0.4, -0.2) is 104 Å². The number of para-hydroxylation sites is 2. The third-order valence-corrected chi connectivity index (χ3v) is 8.41. The maximum absolute atomic E-state index is 12.2. The van der Waals surface area contributed by atoms with Crippen molar-refractivity contribution >= 4 is 39.9 Å². The topological polar surface area (TPSA) is 120 Å². The molecule has 0 aliphatic carbocycles. The first kappa shape index (κ1) is 25.2. The van der Waals surface area contributed by atoms with Gasteiger partial charge in [-0.05, 0) is 31.4 Å². The van der Waals surface area contributed by atoms with Gasteiger partial charge in [-0.3, -0.25) is 9.69 Å². The molecule has 3 fully saturated rings. The molecule has 3 aromatic heterocycles. The number of hydrogen-bond acceptors (Lipinski definition) is 9. The van der Waals surface area contributed by atoms with E-state index in [-0.39, 0.29) is 5.91 Å². The lowest BCUT2D eigenvalue weighted by Gasteiger charge is -2.40. The van der Waals surface area contributed by atoms with Crippen LogP contribution in [0.15, 0.2) is 30.6 Å². The number of nitrogens with one attached hydrogen (secondary N) is 2. The summed E-state index contributed by atoms with van der Waals surface area (Å²) in [4.78, 5) is 41.8. The van der Waals surface area contributed by atoms with E-state index in [1.165, 1.54) is 0 Å². The van der Waals surface area contributed by atoms with Gasteiger partial charge in [-0.1, -0.05) is 12.1 Å². The van der Waals surface area contributed by atoms with Crippen LogP contribution in [0.1, 0.15) is 31.5 Å². The van der Waals surface area contributed by atoms with E-state index in [9.17, 15) is 4.79 Å². The molecule has 0 unspecified atom stereocenters. The van der Waals surface area contributed by atoms with E-state index < -0.39 is 0 Å². The number of morpholine rings is 1. The second-order valence-corrected chi connectivity index (χ2v) is 10.9. The number of anilines is 2. The van der Waals surface area contributed by atoms with Crippen molar-refractivity contribution in [3.63, 3.8) is 0 Å². The first-order valence-corrected chi connectivity index (χ1v) is 14.5. The van der Waals surface area contributed by atoms with Gasteiger partial charge in [-0.25, -0.2) is 9.97 Å². The number of fused-ring (bicyclic) bond motifs is 2. The Morgan fingerprint density at radius 3 is 2.65 bits per heavy atom. The molecular formula is C28H36N10O2. The lowest BCUT2D eigenvalue weighted by atomic mass is 10.0. The van der Waals surface area contributed by atoms with Crippen molar-refractivity contribution in [3.05, 3.63) is 36.4 Å². The summed E-state index contributed by atoms with van der Waals surface area (Å²) in [7, 11) is 0. The predicted molar refractivity (Wildman–Crippen MR) is 152 cm³/mol. The molecule has 3 aliphatic heterocycles. The van der Waals surface area contributed by atoms with Gasteiger partial charge in [0, 0.05) is 58.3 Å². The van der Waals surface area contributed by atoms with Gasteiger partial charge in [0.15, 0.2) is 17.0 Å².